The third-order valence-corrected chi connectivity index (χ3v) is 3.15. The Morgan fingerprint density at radius 2 is 2.21 bits per heavy atom. The Morgan fingerprint density at radius 3 is 2.89 bits per heavy atom. The summed E-state index contributed by atoms with van der Waals surface area (Å²) in [5.41, 5.74) is 5.66. The molecule has 0 atom stereocenters. The summed E-state index contributed by atoms with van der Waals surface area (Å²) in [6.45, 7) is 3.35. The highest BCUT2D eigenvalue weighted by atomic mass is 16.5. The largest absolute Gasteiger partial charge is 0.466 e. The molecule has 2 heterocycles. The fourth-order valence-electron chi connectivity index (χ4n) is 1.96. The highest BCUT2D eigenvalue weighted by Gasteiger charge is 2.34. The van der Waals surface area contributed by atoms with Crippen LogP contribution in [0.1, 0.15) is 37.9 Å². The zero-order valence-electron chi connectivity index (χ0n) is 11.1. The Kier molecular flexibility index (Phi) is 4.49. The summed E-state index contributed by atoms with van der Waals surface area (Å²) in [6, 6.07) is 0. The lowest BCUT2D eigenvalue weighted by atomic mass is 9.91. The van der Waals surface area contributed by atoms with Crippen molar-refractivity contribution in [3.63, 3.8) is 0 Å². The van der Waals surface area contributed by atoms with Crippen LogP contribution in [0.2, 0.25) is 0 Å². The van der Waals surface area contributed by atoms with Gasteiger partial charge in [-0.05, 0) is 19.8 Å². The van der Waals surface area contributed by atoms with Crippen molar-refractivity contribution >= 4 is 5.97 Å². The van der Waals surface area contributed by atoms with E-state index in [1.807, 2.05) is 0 Å². The van der Waals surface area contributed by atoms with Crippen LogP contribution < -0.4 is 5.73 Å². The van der Waals surface area contributed by atoms with Crippen LogP contribution in [0.15, 0.2) is 4.52 Å². The standard InChI is InChI=1S/C12H19N3O4/c1-2-18-10(16)4-3-9-14-11(15-19-9)12(13)5-7-17-8-6-12/h2-8,13H2,1H3. The first-order valence-corrected chi connectivity index (χ1v) is 6.49. The summed E-state index contributed by atoms with van der Waals surface area (Å²) < 4.78 is 15.2. The first-order valence-electron chi connectivity index (χ1n) is 6.49. The molecule has 7 nitrogen and oxygen atoms in total. The molecular weight excluding hydrogens is 250 g/mol. The van der Waals surface area contributed by atoms with Gasteiger partial charge in [0.05, 0.1) is 18.6 Å². The van der Waals surface area contributed by atoms with E-state index >= 15 is 0 Å². The molecule has 0 aliphatic carbocycles. The number of carbonyl (C=O) groups excluding carboxylic acids is 1. The number of rotatable bonds is 5. The van der Waals surface area contributed by atoms with Crippen LogP contribution in [0.4, 0.5) is 0 Å². The number of nitrogens with two attached hydrogens (primary N) is 1. The van der Waals surface area contributed by atoms with Crippen LogP contribution in [0, 0.1) is 0 Å². The normalized spacial score (nSPS) is 18.2. The Balaban J connectivity index is 1.93. The van der Waals surface area contributed by atoms with E-state index in [1.165, 1.54) is 0 Å². The van der Waals surface area contributed by atoms with Crippen molar-refractivity contribution in [1.82, 2.24) is 10.1 Å². The van der Waals surface area contributed by atoms with Crippen molar-refractivity contribution in [3.8, 4) is 0 Å². The molecule has 0 aromatic carbocycles. The molecule has 1 aromatic rings. The van der Waals surface area contributed by atoms with Gasteiger partial charge >= 0.3 is 5.97 Å². The third-order valence-electron chi connectivity index (χ3n) is 3.15. The SMILES string of the molecule is CCOC(=O)CCc1nc(C2(N)CCOCC2)no1. The molecule has 2 N–H and O–H groups in total. The molecule has 0 saturated carbocycles. The van der Waals surface area contributed by atoms with Crippen LogP contribution in [0.3, 0.4) is 0 Å². The van der Waals surface area contributed by atoms with E-state index in [2.05, 4.69) is 10.1 Å². The van der Waals surface area contributed by atoms with Gasteiger partial charge in [-0.3, -0.25) is 4.79 Å². The molecule has 19 heavy (non-hydrogen) atoms. The van der Waals surface area contributed by atoms with E-state index in [-0.39, 0.29) is 12.4 Å². The molecule has 1 saturated heterocycles. The quantitative estimate of drug-likeness (QED) is 0.778. The number of hydrogen-bond acceptors (Lipinski definition) is 7. The second kappa shape index (κ2) is 6.12. The summed E-state index contributed by atoms with van der Waals surface area (Å²) in [4.78, 5) is 15.5. The zero-order chi connectivity index (χ0) is 13.7. The topological polar surface area (TPSA) is 100 Å². The second-order valence-corrected chi connectivity index (χ2v) is 4.59. The predicted molar refractivity (Wildman–Crippen MR) is 65.2 cm³/mol. The number of esters is 1. The first kappa shape index (κ1) is 14.0. The second-order valence-electron chi connectivity index (χ2n) is 4.59. The Labute approximate surface area is 111 Å². The average Bonchev–Trinajstić information content (AvgIpc) is 2.87. The predicted octanol–water partition coefficient (Wildman–Crippen LogP) is 0.530. The molecule has 0 amide bonds. The molecule has 1 fully saturated rings. The highest BCUT2D eigenvalue weighted by Crippen LogP contribution is 2.27. The number of nitrogens with zero attached hydrogens (tertiary/aromatic N) is 2. The van der Waals surface area contributed by atoms with E-state index in [9.17, 15) is 4.79 Å². The average molecular weight is 269 g/mol. The van der Waals surface area contributed by atoms with E-state index in [4.69, 9.17) is 19.7 Å². The number of aryl methyl sites for hydroxylation is 1. The molecule has 0 unspecified atom stereocenters. The van der Waals surface area contributed by atoms with Gasteiger partial charge in [0.25, 0.3) is 0 Å². The van der Waals surface area contributed by atoms with Crippen molar-refractivity contribution in [3.05, 3.63) is 11.7 Å². The van der Waals surface area contributed by atoms with Crippen molar-refractivity contribution in [2.24, 2.45) is 5.73 Å². The molecule has 0 spiro atoms. The molecular formula is C12H19N3O4. The highest BCUT2D eigenvalue weighted by molar-refractivity contribution is 5.69. The molecule has 0 radical (unpaired) electrons. The molecule has 2 rings (SSSR count). The van der Waals surface area contributed by atoms with Crippen LogP contribution in [0.5, 0.6) is 0 Å². The van der Waals surface area contributed by atoms with Crippen molar-refractivity contribution in [2.75, 3.05) is 19.8 Å². The number of aromatic nitrogens is 2. The molecule has 106 valence electrons. The van der Waals surface area contributed by atoms with Gasteiger partial charge in [-0.1, -0.05) is 5.16 Å². The van der Waals surface area contributed by atoms with Gasteiger partial charge in [0, 0.05) is 19.6 Å². The van der Waals surface area contributed by atoms with Gasteiger partial charge in [-0.25, -0.2) is 0 Å². The van der Waals surface area contributed by atoms with Crippen molar-refractivity contribution in [1.29, 1.82) is 0 Å². The van der Waals surface area contributed by atoms with E-state index in [0.29, 0.717) is 50.8 Å². The maximum absolute atomic E-state index is 11.2. The van der Waals surface area contributed by atoms with Crippen molar-refractivity contribution < 1.29 is 18.8 Å². The lowest BCUT2D eigenvalue weighted by Gasteiger charge is -2.29. The first-order chi connectivity index (χ1) is 9.14. The van der Waals surface area contributed by atoms with Gasteiger partial charge in [-0.2, -0.15) is 4.98 Å². The maximum atomic E-state index is 11.2. The van der Waals surface area contributed by atoms with Crippen LogP contribution in [-0.4, -0.2) is 35.9 Å². The zero-order valence-corrected chi connectivity index (χ0v) is 11.1. The van der Waals surface area contributed by atoms with E-state index in [0.717, 1.165) is 0 Å². The molecule has 0 bridgehead atoms. The fourth-order valence-corrected chi connectivity index (χ4v) is 1.96. The third kappa shape index (κ3) is 3.51. The minimum Gasteiger partial charge on any atom is -0.466 e. The fraction of sp³-hybridized carbons (Fsp3) is 0.750. The lowest BCUT2D eigenvalue weighted by molar-refractivity contribution is -0.143. The number of carbonyl (C=O) groups is 1. The van der Waals surface area contributed by atoms with Crippen molar-refractivity contribution in [2.45, 2.75) is 38.1 Å². The maximum Gasteiger partial charge on any atom is 0.306 e. The smallest absolute Gasteiger partial charge is 0.306 e. The van der Waals surface area contributed by atoms with Crippen LogP contribution >= 0.6 is 0 Å². The summed E-state index contributed by atoms with van der Waals surface area (Å²) >= 11 is 0. The van der Waals surface area contributed by atoms with Crippen LogP contribution in [-0.2, 0) is 26.2 Å². The van der Waals surface area contributed by atoms with Gasteiger partial charge in [0.1, 0.15) is 0 Å². The van der Waals surface area contributed by atoms with Gasteiger partial charge in [0.2, 0.25) is 5.89 Å². The van der Waals surface area contributed by atoms with Gasteiger partial charge < -0.3 is 19.7 Å². The molecule has 1 aliphatic heterocycles. The van der Waals surface area contributed by atoms with E-state index < -0.39 is 5.54 Å². The summed E-state index contributed by atoms with van der Waals surface area (Å²) in [6.07, 6.45) is 1.95. The van der Waals surface area contributed by atoms with E-state index in [1.54, 1.807) is 6.92 Å². The molecule has 7 heteroatoms. The van der Waals surface area contributed by atoms with Gasteiger partial charge in [-0.15, -0.1) is 0 Å². The Bertz CT molecular complexity index is 426. The number of hydrogen-bond donors (Lipinski definition) is 1. The summed E-state index contributed by atoms with van der Waals surface area (Å²) in [5, 5.41) is 3.92. The Hall–Kier alpha value is -1.47. The van der Waals surface area contributed by atoms with Gasteiger partial charge in [0.15, 0.2) is 5.82 Å². The summed E-state index contributed by atoms with van der Waals surface area (Å²) in [5.74, 6) is 0.643. The minimum absolute atomic E-state index is 0.232. The minimum atomic E-state index is -0.579. The van der Waals surface area contributed by atoms with Crippen LogP contribution in [0.25, 0.3) is 0 Å². The monoisotopic (exact) mass is 269 g/mol. The number of ether oxygens (including phenoxy) is 2. The summed E-state index contributed by atoms with van der Waals surface area (Å²) in [7, 11) is 0. The molecule has 1 aromatic heterocycles. The molecule has 1 aliphatic rings. The lowest BCUT2D eigenvalue weighted by Crippen LogP contribution is -2.43. The Morgan fingerprint density at radius 1 is 1.47 bits per heavy atom.